The molecule has 50 valence electrons. The Morgan fingerprint density at radius 3 is 1.38 bits per heavy atom. The van der Waals surface area contributed by atoms with Gasteiger partial charge in [0.25, 0.3) is 0 Å². The first kappa shape index (κ1) is 7.94. The monoisotopic (exact) mass is 150 g/mol. The topological polar surface area (TPSA) is 57.5 Å². The summed E-state index contributed by atoms with van der Waals surface area (Å²) in [5.41, 5.74) is 0. The van der Waals surface area contributed by atoms with Crippen LogP contribution >= 0.6 is 7.60 Å². The molecular formula is CH2F3O3P. The van der Waals surface area contributed by atoms with Gasteiger partial charge in [-0.1, -0.05) is 0 Å². The van der Waals surface area contributed by atoms with E-state index in [0.717, 1.165) is 0 Å². The van der Waals surface area contributed by atoms with Gasteiger partial charge < -0.3 is 9.79 Å². The van der Waals surface area contributed by atoms with E-state index in [0.29, 0.717) is 0 Å². The van der Waals surface area contributed by atoms with E-state index < -0.39 is 13.5 Å². The van der Waals surface area contributed by atoms with Gasteiger partial charge >= 0.3 is 13.5 Å². The third-order valence-electron chi connectivity index (χ3n) is 0.330. The maximum absolute atomic E-state index is 10.8. The van der Waals surface area contributed by atoms with Gasteiger partial charge in [0.1, 0.15) is 0 Å². The summed E-state index contributed by atoms with van der Waals surface area (Å²) in [4.78, 5) is 14.7. The van der Waals surface area contributed by atoms with Crippen molar-refractivity contribution < 1.29 is 27.5 Å². The Hall–Kier alpha value is -0.0600. The number of hydrogen-bond donors (Lipinski definition) is 2. The van der Waals surface area contributed by atoms with Crippen molar-refractivity contribution in [1.82, 2.24) is 0 Å². The lowest BCUT2D eigenvalue weighted by Crippen LogP contribution is -2.06. The summed E-state index contributed by atoms with van der Waals surface area (Å²) in [5.74, 6) is -5.40. The van der Waals surface area contributed by atoms with Crippen LogP contribution in [0, 0.1) is 0 Å². The molecule has 0 atom stereocenters. The van der Waals surface area contributed by atoms with Crippen LogP contribution in [0.1, 0.15) is 0 Å². The summed E-state index contributed by atoms with van der Waals surface area (Å²) in [5, 5.41) is 0. The predicted molar refractivity (Wildman–Crippen MR) is 18.1 cm³/mol. The summed E-state index contributed by atoms with van der Waals surface area (Å²) in [6.45, 7) is 0. The zero-order valence-electron chi connectivity index (χ0n) is 3.38. The van der Waals surface area contributed by atoms with Crippen molar-refractivity contribution in [2.24, 2.45) is 0 Å². The standard InChI is InChI=1S/CH2F3O3P/c2-1(3,4)8(5,6)7/h(H2,5,6,7). The van der Waals surface area contributed by atoms with E-state index in [4.69, 9.17) is 9.79 Å². The van der Waals surface area contributed by atoms with Gasteiger partial charge in [-0.15, -0.1) is 0 Å². The molecule has 0 aromatic rings. The molecule has 8 heavy (non-hydrogen) atoms. The largest absolute Gasteiger partial charge is 0.493 e. The fourth-order valence-electron chi connectivity index (χ4n) is 0. The van der Waals surface area contributed by atoms with E-state index in [1.807, 2.05) is 0 Å². The molecular weight excluding hydrogens is 148 g/mol. The Morgan fingerprint density at radius 1 is 1.25 bits per heavy atom. The first-order chi connectivity index (χ1) is 3.25. The van der Waals surface area contributed by atoms with Crippen molar-refractivity contribution in [3.05, 3.63) is 0 Å². The Kier molecular flexibility index (Phi) is 1.70. The van der Waals surface area contributed by atoms with E-state index in [1.54, 1.807) is 0 Å². The predicted octanol–water partition coefficient (Wildman–Crippen LogP) is 0.684. The number of hydrogen-bond acceptors (Lipinski definition) is 1. The van der Waals surface area contributed by atoms with Crippen molar-refractivity contribution in [1.29, 1.82) is 0 Å². The summed E-state index contributed by atoms with van der Waals surface area (Å²) < 4.78 is 41.6. The minimum absolute atomic E-state index is 5.40. The Balaban J connectivity index is 4.26. The van der Waals surface area contributed by atoms with Crippen LogP contribution in [0.3, 0.4) is 0 Å². The Morgan fingerprint density at radius 2 is 1.38 bits per heavy atom. The van der Waals surface area contributed by atoms with Gasteiger partial charge in [0.2, 0.25) is 0 Å². The molecule has 2 N–H and O–H groups in total. The molecule has 0 saturated heterocycles. The lowest BCUT2D eigenvalue weighted by Gasteiger charge is -2.05. The number of halogens is 3. The van der Waals surface area contributed by atoms with Crippen LogP contribution in [0.15, 0.2) is 0 Å². The van der Waals surface area contributed by atoms with Gasteiger partial charge in [0.15, 0.2) is 0 Å². The van der Waals surface area contributed by atoms with Gasteiger partial charge in [0, 0.05) is 0 Å². The van der Waals surface area contributed by atoms with E-state index in [-0.39, 0.29) is 0 Å². The van der Waals surface area contributed by atoms with E-state index >= 15 is 0 Å². The van der Waals surface area contributed by atoms with Gasteiger partial charge in [-0.3, -0.25) is 4.57 Å². The van der Waals surface area contributed by atoms with Crippen LogP contribution in [0.25, 0.3) is 0 Å². The molecule has 0 heterocycles. The summed E-state index contributed by atoms with van der Waals surface area (Å²) in [6.07, 6.45) is 0. The lowest BCUT2D eigenvalue weighted by atomic mass is 11.6. The van der Waals surface area contributed by atoms with Gasteiger partial charge in [-0.25, -0.2) is 0 Å². The maximum Gasteiger partial charge on any atom is 0.493 e. The average Bonchev–Trinajstić information content (AvgIpc) is 1.25. The minimum Gasteiger partial charge on any atom is -0.318 e. The molecule has 0 aromatic carbocycles. The smallest absolute Gasteiger partial charge is 0.318 e. The second kappa shape index (κ2) is 1.72. The first-order valence-electron chi connectivity index (χ1n) is 1.37. The quantitative estimate of drug-likeness (QED) is 0.499. The molecule has 7 heteroatoms. The molecule has 3 nitrogen and oxygen atoms in total. The van der Waals surface area contributed by atoms with Crippen LogP contribution in [-0.2, 0) is 4.57 Å². The van der Waals surface area contributed by atoms with Crippen molar-refractivity contribution in [2.75, 3.05) is 0 Å². The molecule has 0 amide bonds. The third kappa shape index (κ3) is 1.81. The van der Waals surface area contributed by atoms with E-state index in [1.165, 1.54) is 0 Å². The summed E-state index contributed by atoms with van der Waals surface area (Å²) in [7, 11) is -5.85. The highest BCUT2D eigenvalue weighted by Crippen LogP contribution is 2.53. The zero-order valence-corrected chi connectivity index (χ0v) is 4.28. The highest BCUT2D eigenvalue weighted by Gasteiger charge is 2.49. The van der Waals surface area contributed by atoms with Crippen LogP contribution in [-0.4, -0.2) is 15.7 Å². The van der Waals surface area contributed by atoms with Crippen LogP contribution < -0.4 is 0 Å². The van der Waals surface area contributed by atoms with Crippen molar-refractivity contribution in [2.45, 2.75) is 5.92 Å². The molecule has 0 fully saturated rings. The molecule has 0 aliphatic carbocycles. The van der Waals surface area contributed by atoms with Crippen molar-refractivity contribution >= 4 is 7.60 Å². The Labute approximate surface area is 42.3 Å². The molecule has 0 saturated carbocycles. The number of rotatable bonds is 0. The van der Waals surface area contributed by atoms with Gasteiger partial charge in [0.05, 0.1) is 0 Å². The molecule has 0 aliphatic rings. The highest BCUT2D eigenvalue weighted by atomic mass is 31.2. The van der Waals surface area contributed by atoms with E-state index in [9.17, 15) is 17.7 Å². The normalized spacial score (nSPS) is 14.1. The molecule has 0 aromatic heterocycles. The summed E-state index contributed by atoms with van der Waals surface area (Å²) >= 11 is 0. The van der Waals surface area contributed by atoms with E-state index in [2.05, 4.69) is 0 Å². The van der Waals surface area contributed by atoms with Crippen molar-refractivity contribution in [3.8, 4) is 0 Å². The van der Waals surface area contributed by atoms with Gasteiger partial charge in [-0.05, 0) is 0 Å². The molecule has 0 spiro atoms. The van der Waals surface area contributed by atoms with Crippen LogP contribution in [0.2, 0.25) is 0 Å². The zero-order chi connectivity index (χ0) is 7.00. The molecule has 0 aliphatic heterocycles. The fraction of sp³-hybridized carbons (Fsp3) is 1.00. The molecule has 0 radical (unpaired) electrons. The second-order valence-electron chi connectivity index (χ2n) is 1.01. The Bertz CT molecular complexity index is 121. The lowest BCUT2D eigenvalue weighted by molar-refractivity contribution is -0.0661. The SMILES string of the molecule is O=P(O)(O)C(F)(F)F. The van der Waals surface area contributed by atoms with Crippen LogP contribution in [0.4, 0.5) is 13.2 Å². The average molecular weight is 150 g/mol. The number of alkyl halides is 3. The van der Waals surface area contributed by atoms with Crippen molar-refractivity contribution in [3.63, 3.8) is 0 Å². The van der Waals surface area contributed by atoms with Crippen LogP contribution in [0.5, 0.6) is 0 Å². The second-order valence-corrected chi connectivity index (χ2v) is 2.61. The minimum atomic E-state index is -5.85. The first-order valence-corrected chi connectivity index (χ1v) is 2.99. The van der Waals surface area contributed by atoms with Gasteiger partial charge in [-0.2, -0.15) is 13.2 Å². The summed E-state index contributed by atoms with van der Waals surface area (Å²) in [6, 6.07) is 0. The third-order valence-corrected chi connectivity index (χ3v) is 0.991. The fourth-order valence-corrected chi connectivity index (χ4v) is 0. The molecule has 0 rings (SSSR count). The highest BCUT2D eigenvalue weighted by molar-refractivity contribution is 7.52. The maximum atomic E-state index is 10.8. The molecule has 0 bridgehead atoms. The molecule has 0 unspecified atom stereocenters.